The third-order valence-corrected chi connectivity index (χ3v) is 7.13. The van der Waals surface area contributed by atoms with Gasteiger partial charge in [-0.2, -0.15) is 4.31 Å². The highest BCUT2D eigenvalue weighted by Crippen LogP contribution is 2.35. The minimum absolute atomic E-state index is 0.0608. The van der Waals surface area contributed by atoms with Crippen LogP contribution in [0, 0.1) is 5.92 Å². The van der Waals surface area contributed by atoms with E-state index in [0.717, 1.165) is 5.56 Å². The normalized spacial score (nSPS) is 25.0. The van der Waals surface area contributed by atoms with E-state index < -0.39 is 15.3 Å². The van der Waals surface area contributed by atoms with Crippen molar-refractivity contribution in [3.8, 4) is 0 Å². The zero-order valence-corrected chi connectivity index (χ0v) is 14.3. The third kappa shape index (κ3) is 2.91. The lowest BCUT2D eigenvalue weighted by atomic mass is 10.1. The van der Waals surface area contributed by atoms with Gasteiger partial charge in [0.05, 0.1) is 11.4 Å². The molecule has 1 amide bonds. The molecule has 2 aliphatic rings. The average Bonchev–Trinajstić information content (AvgIpc) is 3.15. The molecule has 0 aliphatic carbocycles. The molecule has 0 unspecified atom stereocenters. The molecule has 0 spiro atoms. The van der Waals surface area contributed by atoms with E-state index >= 15 is 0 Å². The van der Waals surface area contributed by atoms with Gasteiger partial charge in [-0.25, -0.2) is 13.4 Å². The Hall–Kier alpha value is -2.32. The van der Waals surface area contributed by atoms with Crippen molar-refractivity contribution in [1.29, 1.82) is 0 Å². The Morgan fingerprint density at radius 3 is 2.60 bits per heavy atom. The molecule has 25 heavy (non-hydrogen) atoms. The Morgan fingerprint density at radius 1 is 1.12 bits per heavy atom. The number of sulfonamides is 1. The molecule has 0 saturated carbocycles. The molecule has 0 radical (unpaired) electrons. The fraction of sp³-hybridized carbons (Fsp3) is 0.353. The van der Waals surface area contributed by atoms with E-state index in [1.54, 1.807) is 9.21 Å². The molecule has 2 fully saturated rings. The summed E-state index contributed by atoms with van der Waals surface area (Å²) in [5.41, 5.74) is 1.22. The monoisotopic (exact) mass is 358 g/mol. The fourth-order valence-corrected chi connectivity index (χ4v) is 5.73. The number of fused-ring (bicyclic) bond motifs is 1. The maximum absolute atomic E-state index is 12.8. The van der Waals surface area contributed by atoms with Gasteiger partial charge in [0.15, 0.2) is 0 Å². The summed E-state index contributed by atoms with van der Waals surface area (Å²) < 4.78 is 27.2. The van der Waals surface area contributed by atoms with Crippen molar-refractivity contribution in [3.63, 3.8) is 0 Å². The van der Waals surface area contributed by atoms with Crippen LogP contribution in [0.1, 0.15) is 16.1 Å². The summed E-state index contributed by atoms with van der Waals surface area (Å²) in [7, 11) is -3.41. The Morgan fingerprint density at radius 2 is 1.92 bits per heavy atom. The predicted octanol–water partition coefficient (Wildman–Crippen LogP) is 0.763. The summed E-state index contributed by atoms with van der Waals surface area (Å²) in [5, 5.41) is -0.531. The molecule has 1 aromatic carbocycles. The Balaban J connectivity index is 1.49. The van der Waals surface area contributed by atoms with Crippen molar-refractivity contribution >= 4 is 15.9 Å². The molecule has 1 aromatic heterocycles. The summed E-state index contributed by atoms with van der Waals surface area (Å²) in [6.07, 6.45) is 4.37. The lowest BCUT2D eigenvalue weighted by molar-refractivity contribution is 0.0778. The first-order valence-corrected chi connectivity index (χ1v) is 9.64. The van der Waals surface area contributed by atoms with Gasteiger partial charge >= 0.3 is 0 Å². The van der Waals surface area contributed by atoms with Crippen LogP contribution in [0.15, 0.2) is 48.9 Å². The second kappa shape index (κ2) is 6.20. The zero-order chi connectivity index (χ0) is 17.4. The Labute approximate surface area is 146 Å². The van der Waals surface area contributed by atoms with E-state index in [4.69, 9.17) is 0 Å². The third-order valence-electron chi connectivity index (χ3n) is 4.83. The minimum atomic E-state index is -3.41. The van der Waals surface area contributed by atoms with Crippen molar-refractivity contribution in [2.24, 2.45) is 5.92 Å². The van der Waals surface area contributed by atoms with Gasteiger partial charge < -0.3 is 4.90 Å². The number of likely N-dealkylation sites (tertiary alicyclic amines) is 1. The first kappa shape index (κ1) is 16.2. The van der Waals surface area contributed by atoms with Crippen molar-refractivity contribution in [1.82, 2.24) is 19.2 Å². The SMILES string of the molecule is O=C(c1cnccn1)N1C[C@@H]2CN(Cc3ccccc3)S(=O)(=O)[C@@H]2C1. The van der Waals surface area contributed by atoms with Gasteiger partial charge in [0.25, 0.3) is 5.91 Å². The van der Waals surface area contributed by atoms with Gasteiger partial charge in [0.2, 0.25) is 10.0 Å². The average molecular weight is 358 g/mol. The van der Waals surface area contributed by atoms with Crippen LogP contribution in [0.25, 0.3) is 0 Å². The largest absolute Gasteiger partial charge is 0.336 e. The highest BCUT2D eigenvalue weighted by Gasteiger charge is 2.52. The summed E-state index contributed by atoms with van der Waals surface area (Å²) in [6, 6.07) is 9.56. The molecule has 2 aliphatic heterocycles. The van der Waals surface area contributed by atoms with E-state index in [1.165, 1.54) is 18.6 Å². The van der Waals surface area contributed by atoms with Gasteiger partial charge in [-0.3, -0.25) is 9.78 Å². The van der Waals surface area contributed by atoms with Crippen LogP contribution in [0.5, 0.6) is 0 Å². The number of hydrogen-bond donors (Lipinski definition) is 0. The summed E-state index contributed by atoms with van der Waals surface area (Å²) >= 11 is 0. The van der Waals surface area contributed by atoms with Crippen molar-refractivity contribution < 1.29 is 13.2 Å². The minimum Gasteiger partial charge on any atom is -0.336 e. The summed E-state index contributed by atoms with van der Waals surface area (Å²) in [4.78, 5) is 22.0. The first-order valence-electron chi connectivity index (χ1n) is 8.14. The molecule has 0 N–H and O–H groups in total. The van der Waals surface area contributed by atoms with E-state index in [0.29, 0.717) is 19.6 Å². The van der Waals surface area contributed by atoms with Crippen LogP contribution < -0.4 is 0 Å². The van der Waals surface area contributed by atoms with Crippen LogP contribution in [-0.4, -0.2) is 58.4 Å². The molecule has 2 atom stereocenters. The number of rotatable bonds is 3. The van der Waals surface area contributed by atoms with Crippen LogP contribution in [-0.2, 0) is 16.6 Å². The van der Waals surface area contributed by atoms with E-state index in [1.807, 2.05) is 30.3 Å². The molecule has 4 rings (SSSR count). The molecule has 2 saturated heterocycles. The number of amides is 1. The molecular weight excluding hydrogens is 340 g/mol. The summed E-state index contributed by atoms with van der Waals surface area (Å²) in [5.74, 6) is -0.318. The quantitative estimate of drug-likeness (QED) is 0.809. The topological polar surface area (TPSA) is 83.5 Å². The molecule has 130 valence electrons. The summed E-state index contributed by atoms with van der Waals surface area (Å²) in [6.45, 7) is 1.48. The second-order valence-electron chi connectivity index (χ2n) is 6.42. The lowest BCUT2D eigenvalue weighted by Crippen LogP contribution is -2.37. The maximum atomic E-state index is 12.8. The molecule has 0 bridgehead atoms. The Bertz CT molecular complexity index is 873. The number of carbonyl (C=O) groups is 1. The predicted molar refractivity (Wildman–Crippen MR) is 91.0 cm³/mol. The van der Waals surface area contributed by atoms with Crippen LogP contribution in [0.4, 0.5) is 0 Å². The molecule has 2 aromatic rings. The van der Waals surface area contributed by atoms with E-state index in [-0.39, 0.29) is 24.1 Å². The highest BCUT2D eigenvalue weighted by molar-refractivity contribution is 7.90. The number of hydrogen-bond acceptors (Lipinski definition) is 5. The Kier molecular flexibility index (Phi) is 4.01. The van der Waals surface area contributed by atoms with Crippen molar-refractivity contribution in [2.45, 2.75) is 11.8 Å². The number of nitrogens with zero attached hydrogens (tertiary/aromatic N) is 4. The van der Waals surface area contributed by atoms with E-state index in [2.05, 4.69) is 9.97 Å². The molecular formula is C17H18N4O3S. The van der Waals surface area contributed by atoms with Gasteiger partial charge in [-0.15, -0.1) is 0 Å². The maximum Gasteiger partial charge on any atom is 0.274 e. The van der Waals surface area contributed by atoms with Crippen molar-refractivity contribution in [2.75, 3.05) is 19.6 Å². The van der Waals surface area contributed by atoms with Crippen LogP contribution in [0.3, 0.4) is 0 Å². The van der Waals surface area contributed by atoms with Gasteiger partial charge in [-0.05, 0) is 5.56 Å². The first-order chi connectivity index (χ1) is 12.1. The lowest BCUT2D eigenvalue weighted by Gasteiger charge is -2.21. The van der Waals surface area contributed by atoms with Crippen LogP contribution in [0.2, 0.25) is 0 Å². The van der Waals surface area contributed by atoms with Crippen LogP contribution >= 0.6 is 0 Å². The zero-order valence-electron chi connectivity index (χ0n) is 13.5. The van der Waals surface area contributed by atoms with Crippen molar-refractivity contribution in [3.05, 3.63) is 60.2 Å². The molecule has 7 nitrogen and oxygen atoms in total. The van der Waals surface area contributed by atoms with Gasteiger partial charge in [0, 0.05) is 44.5 Å². The number of benzene rings is 1. The van der Waals surface area contributed by atoms with Gasteiger partial charge in [0.1, 0.15) is 5.69 Å². The van der Waals surface area contributed by atoms with E-state index in [9.17, 15) is 13.2 Å². The molecule has 8 heteroatoms. The second-order valence-corrected chi connectivity index (χ2v) is 8.57. The fourth-order valence-electron chi connectivity index (χ4n) is 3.59. The number of carbonyl (C=O) groups excluding carboxylic acids is 1. The standard InChI is InChI=1S/C17H18N4O3S/c22-17(15-8-18-6-7-19-15)20-10-14-11-21(25(23,24)16(14)12-20)9-13-4-2-1-3-5-13/h1-8,14,16H,9-12H2/t14-,16-/m1/s1. The van der Waals surface area contributed by atoms with Gasteiger partial charge in [-0.1, -0.05) is 30.3 Å². The highest BCUT2D eigenvalue weighted by atomic mass is 32.2. The number of aromatic nitrogens is 2. The molecule has 3 heterocycles. The smallest absolute Gasteiger partial charge is 0.274 e.